The molecular weight excluding hydrogens is 415 g/mol. The maximum absolute atomic E-state index is 12.9. The molecule has 0 saturated carbocycles. The summed E-state index contributed by atoms with van der Waals surface area (Å²) in [6, 6.07) is 8.39. The number of para-hydroxylation sites is 2. The lowest BCUT2D eigenvalue weighted by molar-refractivity contribution is 0.0739. The van der Waals surface area contributed by atoms with Crippen LogP contribution in [0.1, 0.15) is 16.3 Å². The fourth-order valence-electron chi connectivity index (χ4n) is 3.73. The molecule has 0 unspecified atom stereocenters. The molecule has 3 aromatic rings. The Morgan fingerprint density at radius 2 is 1.79 bits per heavy atom. The van der Waals surface area contributed by atoms with Gasteiger partial charge in [-0.1, -0.05) is 12.1 Å². The minimum absolute atomic E-state index is 0. The average molecular weight is 439 g/mol. The Labute approximate surface area is 181 Å². The predicted molar refractivity (Wildman–Crippen MR) is 115 cm³/mol. The summed E-state index contributed by atoms with van der Waals surface area (Å²) < 4.78 is 7.94. The first kappa shape index (κ1) is 21.4. The van der Waals surface area contributed by atoms with Gasteiger partial charge >= 0.3 is 0 Å². The summed E-state index contributed by atoms with van der Waals surface area (Å²) in [5, 5.41) is 3.35. The molecule has 4 heterocycles. The molecule has 2 aliphatic rings. The van der Waals surface area contributed by atoms with Crippen molar-refractivity contribution in [3.05, 3.63) is 42.0 Å². The topological polar surface area (TPSA) is 79.4 Å². The molecule has 8 nitrogen and oxygen atoms in total. The molecule has 0 atom stereocenters. The van der Waals surface area contributed by atoms with E-state index in [9.17, 15) is 4.79 Å². The number of amides is 1. The van der Waals surface area contributed by atoms with Crippen LogP contribution < -0.4 is 10.2 Å². The van der Waals surface area contributed by atoms with E-state index < -0.39 is 0 Å². The number of halogens is 2. The van der Waals surface area contributed by atoms with Gasteiger partial charge in [-0.15, -0.1) is 24.8 Å². The Morgan fingerprint density at radius 1 is 1.00 bits per heavy atom. The van der Waals surface area contributed by atoms with Gasteiger partial charge in [0.25, 0.3) is 11.9 Å². The highest BCUT2D eigenvalue weighted by atomic mass is 35.5. The zero-order valence-electron chi connectivity index (χ0n) is 15.9. The van der Waals surface area contributed by atoms with E-state index in [0.29, 0.717) is 37.9 Å². The van der Waals surface area contributed by atoms with Gasteiger partial charge in [-0.05, 0) is 12.1 Å². The van der Waals surface area contributed by atoms with Gasteiger partial charge in [-0.3, -0.25) is 4.79 Å². The molecule has 10 heteroatoms. The first-order valence-electron chi connectivity index (χ1n) is 9.44. The number of hydrogen-bond acceptors (Lipinski definition) is 6. The van der Waals surface area contributed by atoms with Crippen molar-refractivity contribution in [1.29, 1.82) is 0 Å². The van der Waals surface area contributed by atoms with Gasteiger partial charge in [0, 0.05) is 58.4 Å². The molecule has 0 bridgehead atoms. The van der Waals surface area contributed by atoms with Crippen molar-refractivity contribution in [3.63, 3.8) is 0 Å². The van der Waals surface area contributed by atoms with Crippen LogP contribution in [0.2, 0.25) is 0 Å². The van der Waals surface area contributed by atoms with E-state index in [1.165, 1.54) is 0 Å². The number of oxazole rings is 1. The van der Waals surface area contributed by atoms with Crippen LogP contribution in [0.3, 0.4) is 0 Å². The number of piperazine rings is 1. The highest BCUT2D eigenvalue weighted by molar-refractivity contribution is 5.92. The highest BCUT2D eigenvalue weighted by Crippen LogP contribution is 2.23. The van der Waals surface area contributed by atoms with E-state index in [1.807, 2.05) is 35.4 Å². The van der Waals surface area contributed by atoms with E-state index >= 15 is 0 Å². The van der Waals surface area contributed by atoms with Crippen LogP contribution in [0.25, 0.3) is 11.1 Å². The Morgan fingerprint density at radius 3 is 2.59 bits per heavy atom. The Hall–Kier alpha value is -2.29. The van der Waals surface area contributed by atoms with Gasteiger partial charge in [0.05, 0.1) is 0 Å². The smallest absolute Gasteiger partial charge is 0.298 e. The lowest BCUT2D eigenvalue weighted by Crippen LogP contribution is -2.49. The summed E-state index contributed by atoms with van der Waals surface area (Å²) in [6.07, 6.45) is 2.76. The van der Waals surface area contributed by atoms with Crippen LogP contribution in [0.15, 0.2) is 34.9 Å². The molecule has 5 rings (SSSR count). The summed E-state index contributed by atoms with van der Waals surface area (Å²) in [5.74, 6) is 1.01. The van der Waals surface area contributed by atoms with E-state index in [1.54, 1.807) is 0 Å². The molecule has 1 fully saturated rings. The van der Waals surface area contributed by atoms with Gasteiger partial charge in [-0.25, -0.2) is 4.98 Å². The summed E-state index contributed by atoms with van der Waals surface area (Å²) >= 11 is 0. The standard InChI is InChI=1S/C19H22N6O2.2ClH/c26-18(15-13-25-8-7-20-6-5-17(25)21-15)23-9-11-24(12-10-23)19-22-14-3-1-2-4-16(14)27-19;;/h1-4,13,20H,5-12H2;2*1H. The van der Waals surface area contributed by atoms with Gasteiger partial charge in [-0.2, -0.15) is 4.98 Å². The number of aromatic nitrogens is 3. The number of anilines is 1. The quantitative estimate of drug-likeness (QED) is 0.658. The zero-order valence-corrected chi connectivity index (χ0v) is 17.5. The Balaban J connectivity index is 0.00000120. The van der Waals surface area contributed by atoms with E-state index in [4.69, 9.17) is 4.42 Å². The number of rotatable bonds is 2. The second-order valence-corrected chi connectivity index (χ2v) is 6.98. The van der Waals surface area contributed by atoms with Crippen LogP contribution in [0, 0.1) is 0 Å². The molecular formula is C19H24Cl2N6O2. The predicted octanol–water partition coefficient (Wildman–Crippen LogP) is 1.98. The normalized spacial score (nSPS) is 16.6. The summed E-state index contributed by atoms with van der Waals surface area (Å²) in [7, 11) is 0. The van der Waals surface area contributed by atoms with Crippen LogP contribution in [0.5, 0.6) is 0 Å². The molecule has 1 N–H and O–H groups in total. The third kappa shape index (κ3) is 4.19. The van der Waals surface area contributed by atoms with Crippen molar-refractivity contribution >= 4 is 47.8 Å². The minimum atomic E-state index is 0. The number of carbonyl (C=O) groups excluding carboxylic acids is 1. The molecule has 0 radical (unpaired) electrons. The minimum Gasteiger partial charge on any atom is -0.423 e. The third-order valence-electron chi connectivity index (χ3n) is 5.25. The van der Waals surface area contributed by atoms with Crippen LogP contribution in [0.4, 0.5) is 6.01 Å². The summed E-state index contributed by atoms with van der Waals surface area (Å²) in [5.41, 5.74) is 2.21. The molecule has 29 heavy (non-hydrogen) atoms. The van der Waals surface area contributed by atoms with Crippen molar-refractivity contribution < 1.29 is 9.21 Å². The summed E-state index contributed by atoms with van der Waals surface area (Å²) in [6.45, 7) is 5.38. The number of benzene rings is 1. The third-order valence-corrected chi connectivity index (χ3v) is 5.25. The van der Waals surface area contributed by atoms with Crippen LogP contribution >= 0.6 is 24.8 Å². The highest BCUT2D eigenvalue weighted by Gasteiger charge is 2.26. The molecule has 2 aliphatic heterocycles. The number of nitrogens with zero attached hydrogens (tertiary/aromatic N) is 5. The van der Waals surface area contributed by atoms with Crippen molar-refractivity contribution in [2.24, 2.45) is 0 Å². The molecule has 0 spiro atoms. The largest absolute Gasteiger partial charge is 0.423 e. The second-order valence-electron chi connectivity index (χ2n) is 6.98. The fraction of sp³-hybridized carbons (Fsp3) is 0.421. The van der Waals surface area contributed by atoms with Crippen molar-refractivity contribution in [2.45, 2.75) is 13.0 Å². The molecule has 1 saturated heterocycles. The Kier molecular flexibility index (Phi) is 6.66. The van der Waals surface area contributed by atoms with Crippen LogP contribution in [-0.4, -0.2) is 64.6 Å². The number of nitrogens with one attached hydrogen (secondary N) is 1. The first-order valence-corrected chi connectivity index (χ1v) is 9.44. The van der Waals surface area contributed by atoms with Crippen molar-refractivity contribution in [2.75, 3.05) is 44.2 Å². The van der Waals surface area contributed by atoms with E-state index in [0.717, 1.165) is 43.0 Å². The van der Waals surface area contributed by atoms with E-state index in [2.05, 4.69) is 24.8 Å². The summed E-state index contributed by atoms with van der Waals surface area (Å²) in [4.78, 5) is 26.0. The van der Waals surface area contributed by atoms with Gasteiger partial charge in [0.1, 0.15) is 17.0 Å². The average Bonchev–Trinajstić information content (AvgIpc) is 3.26. The van der Waals surface area contributed by atoms with Crippen molar-refractivity contribution in [3.8, 4) is 0 Å². The first-order chi connectivity index (χ1) is 13.3. The van der Waals surface area contributed by atoms with Crippen molar-refractivity contribution in [1.82, 2.24) is 24.8 Å². The Bertz CT molecular complexity index is 924. The zero-order chi connectivity index (χ0) is 18.2. The monoisotopic (exact) mass is 438 g/mol. The number of fused-ring (bicyclic) bond motifs is 2. The molecule has 1 amide bonds. The molecule has 0 aliphatic carbocycles. The molecule has 156 valence electrons. The maximum atomic E-state index is 12.9. The molecule has 2 aromatic heterocycles. The number of carbonyl (C=O) groups is 1. The fourth-order valence-corrected chi connectivity index (χ4v) is 3.73. The lowest BCUT2D eigenvalue weighted by Gasteiger charge is -2.33. The van der Waals surface area contributed by atoms with Gasteiger partial charge in [0.2, 0.25) is 0 Å². The molecule has 1 aromatic carbocycles. The SMILES string of the molecule is Cl.Cl.O=C(c1cn2c(n1)CCNCC2)N1CCN(c2nc3ccccc3o2)CC1. The lowest BCUT2D eigenvalue weighted by atomic mass is 10.3. The van der Waals surface area contributed by atoms with Gasteiger partial charge in [0.15, 0.2) is 5.58 Å². The number of imidazole rings is 1. The second kappa shape index (κ2) is 9.02. The number of hydrogen-bond donors (Lipinski definition) is 1. The van der Waals surface area contributed by atoms with Crippen LogP contribution in [-0.2, 0) is 13.0 Å². The van der Waals surface area contributed by atoms with Gasteiger partial charge < -0.3 is 24.1 Å². The maximum Gasteiger partial charge on any atom is 0.298 e. The van der Waals surface area contributed by atoms with E-state index in [-0.39, 0.29) is 30.7 Å².